The van der Waals surface area contributed by atoms with Crippen LogP contribution in [0.15, 0.2) is 97.1 Å². The summed E-state index contributed by atoms with van der Waals surface area (Å²) >= 11 is 0. The van der Waals surface area contributed by atoms with Gasteiger partial charge in [0, 0.05) is 23.9 Å². The first-order valence-electron chi connectivity index (χ1n) is 11.8. The van der Waals surface area contributed by atoms with Gasteiger partial charge in [0.15, 0.2) is 0 Å². The van der Waals surface area contributed by atoms with E-state index in [-0.39, 0.29) is 74.9 Å². The van der Waals surface area contributed by atoms with Crippen LogP contribution in [-0.4, -0.2) is 11.7 Å². The van der Waals surface area contributed by atoms with Gasteiger partial charge in [-0.15, -0.1) is 0 Å². The van der Waals surface area contributed by atoms with Crippen molar-refractivity contribution < 1.29 is 56.1 Å². The summed E-state index contributed by atoms with van der Waals surface area (Å²) in [6.45, 7) is 2.50. The van der Waals surface area contributed by atoms with E-state index in [1.807, 2.05) is 0 Å². The van der Waals surface area contributed by atoms with E-state index in [4.69, 9.17) is 0 Å². The second-order valence-electron chi connectivity index (χ2n) is 9.23. The van der Waals surface area contributed by atoms with Crippen LogP contribution in [0.5, 0.6) is 0 Å². The zero-order valence-electron chi connectivity index (χ0n) is 19.7. The number of hydrogen-bond donors (Lipinski definition) is 1. The average Bonchev–Trinajstić information content (AvgIpc) is 3.37. The maximum Gasteiger partial charge on any atom is 2.00 e. The van der Waals surface area contributed by atoms with Crippen LogP contribution in [0.2, 0.25) is 0 Å². The number of aliphatic hydroxyl groups is 1. The predicted octanol–water partition coefficient (Wildman–Crippen LogP) is -0.659. The van der Waals surface area contributed by atoms with Gasteiger partial charge in [-0.1, -0.05) is 104 Å². The molecule has 0 aromatic heterocycles. The van der Waals surface area contributed by atoms with Gasteiger partial charge >= 0.3 is 26.2 Å². The van der Waals surface area contributed by atoms with Crippen molar-refractivity contribution in [2.24, 2.45) is 11.3 Å². The van der Waals surface area contributed by atoms with Crippen molar-refractivity contribution >= 4 is 11.1 Å². The zero-order chi connectivity index (χ0) is 21.7. The summed E-state index contributed by atoms with van der Waals surface area (Å²) in [6.07, 6.45) is 10.7. The molecular weight excluding hydrogens is 550 g/mol. The molecule has 0 spiro atoms. The number of allylic oxidation sites excluding steroid dienone is 4. The predicted molar refractivity (Wildman–Crippen MR) is 132 cm³/mol. The van der Waals surface area contributed by atoms with Crippen LogP contribution < -0.4 is 35.3 Å². The Hall–Kier alpha value is -1.70. The van der Waals surface area contributed by atoms with Gasteiger partial charge < -0.3 is 29.9 Å². The first-order valence-corrected chi connectivity index (χ1v) is 11.8. The molecular formula is C31H28Cl2OZr. The van der Waals surface area contributed by atoms with E-state index in [2.05, 4.69) is 104 Å². The molecule has 0 amide bonds. The van der Waals surface area contributed by atoms with Crippen molar-refractivity contribution in [1.82, 2.24) is 0 Å². The number of benzene rings is 3. The van der Waals surface area contributed by atoms with Crippen LogP contribution in [0.25, 0.3) is 22.3 Å². The van der Waals surface area contributed by atoms with Crippen molar-refractivity contribution in [1.29, 1.82) is 0 Å². The van der Waals surface area contributed by atoms with E-state index < -0.39 is 0 Å². The first kappa shape index (κ1) is 27.9. The van der Waals surface area contributed by atoms with Crippen molar-refractivity contribution in [3.8, 4) is 11.1 Å². The van der Waals surface area contributed by atoms with Crippen LogP contribution in [0.3, 0.4) is 0 Å². The zero-order valence-corrected chi connectivity index (χ0v) is 23.7. The number of aliphatic hydroxyl groups excluding tert-OH is 1. The largest absolute Gasteiger partial charge is 2.00 e. The quantitative estimate of drug-likeness (QED) is 0.427. The SMILES string of the molecule is CCC(CCO)(C1=c2ccccc2=C2C=CC=CC21)C1c2ccccc2-c2ccccc21.[Cl-].[Cl-].[Zr+2]. The minimum atomic E-state index is -0.171. The molecule has 0 saturated heterocycles. The first-order chi connectivity index (χ1) is 15.8. The normalized spacial score (nSPS) is 18.3. The molecule has 0 heterocycles. The third kappa shape index (κ3) is 4.08. The van der Waals surface area contributed by atoms with E-state index in [1.54, 1.807) is 0 Å². The molecule has 0 fully saturated rings. The molecule has 1 nitrogen and oxygen atoms in total. The molecule has 3 aliphatic carbocycles. The Morgan fingerprint density at radius 1 is 0.771 bits per heavy atom. The summed E-state index contributed by atoms with van der Waals surface area (Å²) in [5, 5.41) is 13.2. The van der Waals surface area contributed by atoms with Gasteiger partial charge in [0.2, 0.25) is 0 Å². The van der Waals surface area contributed by atoms with E-state index in [0.717, 1.165) is 12.8 Å². The summed E-state index contributed by atoms with van der Waals surface area (Å²) in [5.41, 5.74) is 8.20. The molecule has 4 heteroatoms. The van der Waals surface area contributed by atoms with Gasteiger partial charge in [-0.2, -0.15) is 0 Å². The minimum Gasteiger partial charge on any atom is -1.00 e. The summed E-state index contributed by atoms with van der Waals surface area (Å²) in [6, 6.07) is 26.7. The van der Waals surface area contributed by atoms with Gasteiger partial charge in [-0.25, -0.2) is 0 Å². The maximum absolute atomic E-state index is 10.4. The smallest absolute Gasteiger partial charge is 1.00 e. The second-order valence-corrected chi connectivity index (χ2v) is 9.23. The Bertz CT molecular complexity index is 1360. The molecule has 0 saturated carbocycles. The second kappa shape index (κ2) is 11.1. The van der Waals surface area contributed by atoms with E-state index in [1.165, 1.54) is 43.8 Å². The topological polar surface area (TPSA) is 20.2 Å². The number of halogens is 2. The molecule has 35 heavy (non-hydrogen) atoms. The van der Waals surface area contributed by atoms with Gasteiger partial charge in [-0.3, -0.25) is 0 Å². The molecule has 3 aromatic rings. The van der Waals surface area contributed by atoms with Gasteiger partial charge in [-0.05, 0) is 56.7 Å². The van der Waals surface area contributed by atoms with Crippen LogP contribution in [0.1, 0.15) is 36.8 Å². The van der Waals surface area contributed by atoms with Crippen molar-refractivity contribution in [3.05, 3.63) is 119 Å². The molecule has 0 bridgehead atoms. The fourth-order valence-corrected chi connectivity index (χ4v) is 6.72. The third-order valence-corrected chi connectivity index (χ3v) is 7.98. The summed E-state index contributed by atoms with van der Waals surface area (Å²) in [4.78, 5) is 0. The van der Waals surface area contributed by atoms with E-state index in [9.17, 15) is 5.11 Å². The van der Waals surface area contributed by atoms with Crippen LogP contribution in [0, 0.1) is 11.3 Å². The van der Waals surface area contributed by atoms with Crippen LogP contribution >= 0.6 is 0 Å². The molecule has 176 valence electrons. The molecule has 2 atom stereocenters. The van der Waals surface area contributed by atoms with Crippen LogP contribution in [0.4, 0.5) is 0 Å². The van der Waals surface area contributed by atoms with E-state index >= 15 is 0 Å². The molecule has 3 aliphatic rings. The van der Waals surface area contributed by atoms with Crippen molar-refractivity contribution in [2.45, 2.75) is 25.7 Å². The van der Waals surface area contributed by atoms with Crippen molar-refractivity contribution in [3.63, 3.8) is 0 Å². The summed E-state index contributed by atoms with van der Waals surface area (Å²) < 4.78 is 0. The van der Waals surface area contributed by atoms with Gasteiger partial charge in [0.25, 0.3) is 0 Å². The third-order valence-electron chi connectivity index (χ3n) is 7.98. The standard InChI is InChI=1S/C31H28O.2ClH.Zr/c1-2-31(19-20-32,29-25-15-7-3-11-21(25)22-12-4-8-16-26(22)29)30-27-17-9-5-13-23(27)24-14-6-10-18-28(24)30;;;/h3-18,25,30,32H,2,19-20H2,1H3;2*1H;/q;;;+2/p-2. The van der Waals surface area contributed by atoms with Crippen molar-refractivity contribution in [2.75, 3.05) is 6.61 Å². The number of rotatable bonds is 5. The summed E-state index contributed by atoms with van der Waals surface area (Å²) in [5.74, 6) is 0.498. The Morgan fingerprint density at radius 3 is 1.94 bits per heavy atom. The Balaban J connectivity index is 0.00000114. The Kier molecular flexibility index (Phi) is 8.88. The maximum atomic E-state index is 10.4. The molecule has 0 radical (unpaired) electrons. The summed E-state index contributed by atoms with van der Waals surface area (Å²) in [7, 11) is 0. The minimum absolute atomic E-state index is 0. The molecule has 0 aliphatic heterocycles. The monoisotopic (exact) mass is 576 g/mol. The van der Waals surface area contributed by atoms with Gasteiger partial charge in [0.05, 0.1) is 0 Å². The van der Waals surface area contributed by atoms with Gasteiger partial charge in [0.1, 0.15) is 0 Å². The molecule has 6 rings (SSSR count). The fourth-order valence-electron chi connectivity index (χ4n) is 6.72. The molecule has 1 N–H and O–H groups in total. The molecule has 3 aromatic carbocycles. The fraction of sp³-hybridized carbons (Fsp3) is 0.226. The Morgan fingerprint density at radius 2 is 1.34 bits per heavy atom. The number of hydrogen-bond acceptors (Lipinski definition) is 1. The number of fused-ring (bicyclic) bond motifs is 5. The average molecular weight is 579 g/mol. The van der Waals surface area contributed by atoms with Crippen LogP contribution in [-0.2, 0) is 26.2 Å². The molecule has 2 unspecified atom stereocenters. The van der Waals surface area contributed by atoms with E-state index in [0.29, 0.717) is 0 Å². The Labute approximate surface area is 239 Å².